The molecule has 1 aliphatic heterocycles. The van der Waals surface area contributed by atoms with E-state index in [0.717, 1.165) is 63.8 Å². The minimum absolute atomic E-state index is 0.100. The summed E-state index contributed by atoms with van der Waals surface area (Å²) in [7, 11) is 1.97. The minimum Gasteiger partial charge on any atom is -0.463 e. The molecule has 11 nitrogen and oxygen atoms in total. The fourth-order valence-electron chi connectivity index (χ4n) is 6.66. The fourth-order valence-corrected chi connectivity index (χ4v) is 6.98. The first kappa shape index (κ1) is 45.4. The van der Waals surface area contributed by atoms with Crippen molar-refractivity contribution in [1.29, 1.82) is 0 Å². The summed E-state index contributed by atoms with van der Waals surface area (Å²) in [5, 5.41) is 9.60. The summed E-state index contributed by atoms with van der Waals surface area (Å²) in [5.74, 6) is 0.113. The molecule has 0 bridgehead atoms. The van der Waals surface area contributed by atoms with Crippen LogP contribution in [-0.2, 0) is 36.6 Å². The molecular formula is C51H48ClN3O8. The van der Waals surface area contributed by atoms with Gasteiger partial charge in [-0.2, -0.15) is 5.10 Å². The molecule has 12 heteroatoms. The van der Waals surface area contributed by atoms with E-state index < -0.39 is 18.1 Å². The SMILES string of the molecule is C=CC(=O)OCCCCOC(=O)c1ccc(CC(=O)/C=C/c2ccc(-c3ccc(-c4ccc(OC(=O)OCCCC)cc4)c(Cl)c3/C=N/N=C3\Cc4ccccc4N3C)cc2)cc1. The van der Waals surface area contributed by atoms with Crippen molar-refractivity contribution in [3.05, 3.63) is 161 Å². The van der Waals surface area contributed by atoms with E-state index >= 15 is 0 Å². The lowest BCUT2D eigenvalue weighted by Crippen LogP contribution is -2.21. The summed E-state index contributed by atoms with van der Waals surface area (Å²) in [6.07, 6.45) is 8.93. The van der Waals surface area contributed by atoms with Crippen LogP contribution in [-0.4, -0.2) is 62.8 Å². The number of hydrogen-bond donors (Lipinski definition) is 0. The first-order valence-electron chi connectivity index (χ1n) is 20.7. The van der Waals surface area contributed by atoms with Crippen molar-refractivity contribution in [2.75, 3.05) is 31.8 Å². The van der Waals surface area contributed by atoms with Crippen LogP contribution in [0, 0.1) is 0 Å². The number of ether oxygens (including phenoxy) is 4. The van der Waals surface area contributed by atoms with Gasteiger partial charge in [0.25, 0.3) is 0 Å². The normalized spacial score (nSPS) is 12.7. The molecule has 5 aromatic carbocycles. The second-order valence-corrected chi connectivity index (χ2v) is 15.0. The maximum atomic E-state index is 12.9. The van der Waals surface area contributed by atoms with E-state index in [9.17, 15) is 19.2 Å². The van der Waals surface area contributed by atoms with Gasteiger partial charge in [0.1, 0.15) is 11.6 Å². The second-order valence-electron chi connectivity index (χ2n) is 14.6. The monoisotopic (exact) mass is 865 g/mol. The number of esters is 2. The Morgan fingerprint density at radius 3 is 2.16 bits per heavy atom. The molecule has 0 aromatic heterocycles. The number of para-hydroxylation sites is 1. The summed E-state index contributed by atoms with van der Waals surface area (Å²) >= 11 is 7.20. The van der Waals surface area contributed by atoms with Crippen molar-refractivity contribution < 1.29 is 38.1 Å². The first-order chi connectivity index (χ1) is 30.6. The van der Waals surface area contributed by atoms with Gasteiger partial charge in [-0.15, -0.1) is 5.10 Å². The molecule has 0 aliphatic carbocycles. The van der Waals surface area contributed by atoms with Crippen molar-refractivity contribution >= 4 is 59.3 Å². The number of allylic oxidation sites excluding steroid dienone is 1. The summed E-state index contributed by atoms with van der Waals surface area (Å²) < 4.78 is 20.7. The molecule has 0 unspecified atom stereocenters. The van der Waals surface area contributed by atoms with Crippen molar-refractivity contribution in [2.45, 2.75) is 45.4 Å². The van der Waals surface area contributed by atoms with Crippen molar-refractivity contribution in [1.82, 2.24) is 0 Å². The number of unbranched alkanes of at least 4 members (excludes halogenated alkanes) is 2. The molecule has 63 heavy (non-hydrogen) atoms. The van der Waals surface area contributed by atoms with Crippen LogP contribution in [0.2, 0.25) is 5.02 Å². The predicted molar refractivity (Wildman–Crippen MR) is 248 cm³/mol. The van der Waals surface area contributed by atoms with Crippen LogP contribution in [0.5, 0.6) is 5.75 Å². The number of carbonyl (C=O) groups excluding carboxylic acids is 4. The van der Waals surface area contributed by atoms with Crippen LogP contribution in [0.15, 0.2) is 138 Å². The Hall–Kier alpha value is -7.11. The van der Waals surface area contributed by atoms with Gasteiger partial charge in [0.05, 0.1) is 36.6 Å². The van der Waals surface area contributed by atoms with Crippen LogP contribution in [0.3, 0.4) is 0 Å². The van der Waals surface area contributed by atoms with E-state index in [0.29, 0.717) is 47.8 Å². The van der Waals surface area contributed by atoms with Gasteiger partial charge in [0, 0.05) is 42.8 Å². The number of carbonyl (C=O) groups is 4. The molecule has 0 spiro atoms. The molecular weight excluding hydrogens is 818 g/mol. The summed E-state index contributed by atoms with van der Waals surface area (Å²) in [5.41, 5.74) is 8.17. The molecule has 5 aromatic rings. The molecule has 322 valence electrons. The number of amidine groups is 1. The van der Waals surface area contributed by atoms with Crippen LogP contribution < -0.4 is 9.64 Å². The quantitative estimate of drug-likeness (QED) is 0.0151. The molecule has 0 saturated carbocycles. The topological polar surface area (TPSA) is 133 Å². The average Bonchev–Trinajstić information content (AvgIpc) is 3.62. The van der Waals surface area contributed by atoms with E-state index in [1.165, 1.54) is 11.6 Å². The number of fused-ring (bicyclic) bond motifs is 1. The van der Waals surface area contributed by atoms with Crippen LogP contribution in [0.4, 0.5) is 10.5 Å². The van der Waals surface area contributed by atoms with Crippen molar-refractivity contribution in [2.24, 2.45) is 10.2 Å². The molecule has 0 amide bonds. The predicted octanol–water partition coefficient (Wildman–Crippen LogP) is 10.9. The van der Waals surface area contributed by atoms with Gasteiger partial charge in [-0.1, -0.05) is 116 Å². The van der Waals surface area contributed by atoms with E-state index in [1.807, 2.05) is 79.5 Å². The number of hydrogen-bond acceptors (Lipinski definition) is 10. The Morgan fingerprint density at radius 1 is 0.778 bits per heavy atom. The number of benzene rings is 5. The Labute approximate surface area is 372 Å². The van der Waals surface area contributed by atoms with Crippen molar-refractivity contribution in [3.8, 4) is 28.0 Å². The van der Waals surface area contributed by atoms with Gasteiger partial charge in [0.15, 0.2) is 5.78 Å². The molecule has 1 aliphatic rings. The number of anilines is 1. The lowest BCUT2D eigenvalue weighted by atomic mass is 9.94. The third-order valence-corrected chi connectivity index (χ3v) is 10.6. The lowest BCUT2D eigenvalue weighted by Gasteiger charge is -2.14. The lowest BCUT2D eigenvalue weighted by molar-refractivity contribution is -0.137. The van der Waals surface area contributed by atoms with E-state index in [-0.39, 0.29) is 25.4 Å². The molecule has 0 atom stereocenters. The maximum Gasteiger partial charge on any atom is 0.513 e. The van der Waals surface area contributed by atoms with Gasteiger partial charge in [-0.3, -0.25) is 4.79 Å². The third kappa shape index (κ3) is 12.7. The Morgan fingerprint density at radius 2 is 1.44 bits per heavy atom. The van der Waals surface area contributed by atoms with Gasteiger partial charge in [-0.25, -0.2) is 14.4 Å². The Balaban J connectivity index is 1.13. The third-order valence-electron chi connectivity index (χ3n) is 10.1. The first-order valence-corrected chi connectivity index (χ1v) is 21.1. The van der Waals surface area contributed by atoms with Gasteiger partial charge >= 0.3 is 18.1 Å². The number of halogens is 1. The van der Waals surface area contributed by atoms with E-state index in [1.54, 1.807) is 48.7 Å². The molecule has 0 saturated heterocycles. The van der Waals surface area contributed by atoms with E-state index in [4.69, 9.17) is 30.5 Å². The van der Waals surface area contributed by atoms with Crippen LogP contribution in [0.1, 0.15) is 65.2 Å². The molecule has 0 fully saturated rings. The number of ketones is 1. The smallest absolute Gasteiger partial charge is 0.463 e. The summed E-state index contributed by atoms with van der Waals surface area (Å²) in [4.78, 5) is 50.6. The van der Waals surface area contributed by atoms with Gasteiger partial charge < -0.3 is 23.8 Å². The highest BCUT2D eigenvalue weighted by Gasteiger charge is 2.22. The minimum atomic E-state index is -0.747. The van der Waals surface area contributed by atoms with Crippen LogP contribution in [0.25, 0.3) is 28.3 Å². The molecule has 0 radical (unpaired) electrons. The zero-order chi connectivity index (χ0) is 44.6. The summed E-state index contributed by atoms with van der Waals surface area (Å²) in [6.45, 7) is 6.09. The Kier molecular flexibility index (Phi) is 16.3. The highest BCUT2D eigenvalue weighted by atomic mass is 35.5. The zero-order valence-corrected chi connectivity index (χ0v) is 36.0. The maximum absolute atomic E-state index is 12.9. The van der Waals surface area contributed by atoms with Crippen molar-refractivity contribution in [3.63, 3.8) is 0 Å². The fraction of sp³-hybridized carbons (Fsp3) is 0.216. The highest BCUT2D eigenvalue weighted by Crippen LogP contribution is 2.37. The largest absolute Gasteiger partial charge is 0.513 e. The van der Waals surface area contributed by atoms with E-state index in [2.05, 4.69) is 28.9 Å². The molecule has 1 heterocycles. The number of likely N-dealkylation sites (N-methyl/N-ethyl adjacent to an activating group) is 1. The molecule has 6 rings (SSSR count). The molecule has 0 N–H and O–H groups in total. The Bertz CT molecular complexity index is 2510. The summed E-state index contributed by atoms with van der Waals surface area (Å²) in [6, 6.07) is 33.6. The standard InChI is InChI=1S/C51H48ClN3O8/c1-4-6-29-62-51(59)63-42-25-22-38(23-26-42)44-28-27-43(45(49(44)52)34-53-54-47-33-40-11-7-8-12-46(40)55(47)3)37-18-13-35(14-19-37)17-24-41(56)32-36-15-20-39(21-16-36)50(58)61-31-10-9-30-60-48(57)5-2/h5,7-8,11-28,34H,2,4,6,9-10,29-33H2,1,3H3/b24-17+,53-34+,54-47+. The van der Waals surface area contributed by atoms with Crippen LogP contribution >= 0.6 is 11.6 Å². The average molecular weight is 866 g/mol. The number of rotatable bonds is 19. The number of nitrogens with zero attached hydrogens (tertiary/aromatic N) is 3. The second kappa shape index (κ2) is 22.7. The van der Waals surface area contributed by atoms with Gasteiger partial charge in [0.2, 0.25) is 0 Å². The van der Waals surface area contributed by atoms with Gasteiger partial charge in [-0.05, 0) is 89.1 Å². The zero-order valence-electron chi connectivity index (χ0n) is 35.3. The highest BCUT2D eigenvalue weighted by molar-refractivity contribution is 6.36.